The van der Waals surface area contributed by atoms with Crippen LogP contribution in [0.2, 0.25) is 0 Å². The fourth-order valence-corrected chi connectivity index (χ4v) is 8.54. The Morgan fingerprint density at radius 1 is 0.429 bits per heavy atom. The second-order valence-corrected chi connectivity index (χ2v) is 17.5. The molecule has 0 saturated heterocycles. The van der Waals surface area contributed by atoms with Crippen LogP contribution in [-0.4, -0.2) is 20.9 Å². The first-order valence-corrected chi connectivity index (χ1v) is 21.6. The molecule has 0 aliphatic heterocycles. The number of pyridine rings is 2. The number of hydrogen-bond acceptors (Lipinski definition) is 4. The summed E-state index contributed by atoms with van der Waals surface area (Å²) in [5.74, 6) is 0.0301. The summed E-state index contributed by atoms with van der Waals surface area (Å²) in [6.45, 7) is 35.2. The zero-order valence-corrected chi connectivity index (χ0v) is 42.8. The average Bonchev–Trinajstić information content (AvgIpc) is 3.25. The molecule has 0 atom stereocenters. The van der Waals surface area contributed by atoms with E-state index in [0.717, 1.165) is 22.5 Å². The molecule has 0 fully saturated rings. The number of carbonyl (C=O) groups excluding carboxylic acids is 1. The number of nitrogens with zero attached hydrogens (tertiary/aromatic N) is 2. The van der Waals surface area contributed by atoms with E-state index in [1.54, 1.807) is 6.92 Å². The first kappa shape index (κ1) is 48.5. The number of carbonyl (C=O) groups is 1. The maximum absolute atomic E-state index is 10.4. The Kier molecular flexibility index (Phi) is 14.7. The zero-order valence-electron chi connectivity index (χ0n) is 40.4. The smallest absolute Gasteiger partial charge is 0.158 e. The fraction of sp³-hybridized carbons (Fsp3) is 0.293. The summed E-state index contributed by atoms with van der Waals surface area (Å²) < 4.78 is 0. The van der Waals surface area contributed by atoms with Crippen LogP contribution in [0.1, 0.15) is 98.7 Å². The molecule has 1 N–H and O–H groups in total. The van der Waals surface area contributed by atoms with Crippen molar-refractivity contribution in [2.24, 2.45) is 0 Å². The number of fused-ring (bicyclic) bond motifs is 6. The van der Waals surface area contributed by atoms with E-state index in [-0.39, 0.29) is 31.6 Å². The van der Waals surface area contributed by atoms with E-state index in [9.17, 15) is 4.79 Å². The number of aliphatic hydroxyl groups excluding tert-OH is 1. The Bertz CT molecular complexity index is 2970. The van der Waals surface area contributed by atoms with Gasteiger partial charge in [0.25, 0.3) is 0 Å². The molecule has 0 unspecified atom stereocenters. The Morgan fingerprint density at radius 2 is 0.778 bits per heavy atom. The summed E-state index contributed by atoms with van der Waals surface area (Å²) in [6, 6.07) is 25.2. The molecule has 327 valence electrons. The van der Waals surface area contributed by atoms with E-state index in [4.69, 9.17) is 15.1 Å². The summed E-state index contributed by atoms with van der Waals surface area (Å²) in [7, 11) is 0. The molecule has 8 aromatic rings. The van der Waals surface area contributed by atoms with Gasteiger partial charge in [0.1, 0.15) is 0 Å². The van der Waals surface area contributed by atoms with Gasteiger partial charge in [0, 0.05) is 38.1 Å². The molecule has 1 radical (unpaired) electrons. The molecular formula is C58H62IrN2O2-2. The number of aromatic nitrogens is 2. The summed E-state index contributed by atoms with van der Waals surface area (Å²) >= 11 is 0. The van der Waals surface area contributed by atoms with Crippen molar-refractivity contribution in [1.29, 1.82) is 0 Å². The van der Waals surface area contributed by atoms with Crippen molar-refractivity contribution >= 4 is 48.9 Å². The Labute approximate surface area is 389 Å². The third-order valence-electron chi connectivity index (χ3n) is 14.1. The van der Waals surface area contributed by atoms with Gasteiger partial charge in [-0.2, -0.15) is 0 Å². The fourth-order valence-electron chi connectivity index (χ4n) is 8.54. The van der Waals surface area contributed by atoms with Gasteiger partial charge in [0.05, 0.1) is 5.76 Å². The van der Waals surface area contributed by atoms with E-state index < -0.39 is 0 Å². The molecule has 5 heteroatoms. The van der Waals surface area contributed by atoms with Crippen LogP contribution in [0.4, 0.5) is 0 Å². The molecule has 8 rings (SSSR count). The average molecular weight is 1010 g/mol. The minimum atomic E-state index is -0.0787. The number of hydrogen-bond donors (Lipinski definition) is 1. The van der Waals surface area contributed by atoms with Gasteiger partial charge in [-0.15, -0.1) is 67.8 Å². The van der Waals surface area contributed by atoms with E-state index in [2.05, 4.69) is 158 Å². The minimum Gasteiger partial charge on any atom is -0.512 e. The predicted octanol–water partition coefficient (Wildman–Crippen LogP) is 15.5. The van der Waals surface area contributed by atoms with Crippen molar-refractivity contribution in [2.45, 2.75) is 118 Å². The second-order valence-electron chi connectivity index (χ2n) is 17.5. The van der Waals surface area contributed by atoms with Gasteiger partial charge >= 0.3 is 0 Å². The van der Waals surface area contributed by atoms with Crippen LogP contribution in [0.5, 0.6) is 0 Å². The molecule has 2 heterocycles. The Balaban J connectivity index is 0.000000200. The molecule has 0 bridgehead atoms. The van der Waals surface area contributed by atoms with Gasteiger partial charge in [-0.1, -0.05) is 91.8 Å². The number of allylic oxidation sites excluding steroid dienone is 2. The molecular weight excluding hydrogens is 949 g/mol. The maximum Gasteiger partial charge on any atom is 0.158 e. The van der Waals surface area contributed by atoms with Gasteiger partial charge < -0.3 is 15.1 Å². The maximum atomic E-state index is 10.4. The molecule has 0 aliphatic rings. The molecule has 0 saturated carbocycles. The summed E-state index contributed by atoms with van der Waals surface area (Å²) in [4.78, 5) is 19.9. The molecule has 0 aliphatic carbocycles. The van der Waals surface area contributed by atoms with Crippen LogP contribution in [0, 0.1) is 109 Å². The quantitative estimate of drug-likeness (QED) is 0.0829. The van der Waals surface area contributed by atoms with Gasteiger partial charge in [-0.05, 0) is 162 Å². The van der Waals surface area contributed by atoms with Crippen molar-refractivity contribution in [2.75, 3.05) is 0 Å². The van der Waals surface area contributed by atoms with Crippen LogP contribution in [0.3, 0.4) is 0 Å². The van der Waals surface area contributed by atoms with Crippen molar-refractivity contribution in [3.63, 3.8) is 0 Å². The number of ketones is 1. The van der Waals surface area contributed by atoms with Crippen LogP contribution >= 0.6 is 0 Å². The summed E-state index contributed by atoms with van der Waals surface area (Å²) in [5.41, 5.74) is 23.2. The van der Waals surface area contributed by atoms with Crippen LogP contribution < -0.4 is 0 Å². The summed E-state index contributed by atoms with van der Waals surface area (Å²) in [5, 5.41) is 18.9. The topological polar surface area (TPSA) is 63.1 Å². The summed E-state index contributed by atoms with van der Waals surface area (Å²) in [6.07, 6.45) is 3.89. The monoisotopic (exact) mass is 1010 g/mol. The van der Waals surface area contributed by atoms with E-state index in [1.807, 2.05) is 12.4 Å². The van der Waals surface area contributed by atoms with Crippen LogP contribution in [-0.2, 0) is 24.9 Å². The number of Topliss-reactive ketones (excluding diaryl/α,β-unsaturated/α-hetero) is 1. The van der Waals surface area contributed by atoms with Gasteiger partial charge in [0.2, 0.25) is 0 Å². The number of aryl methyl sites for hydroxylation is 6. The molecule has 63 heavy (non-hydrogen) atoms. The van der Waals surface area contributed by atoms with Gasteiger partial charge in [-0.25, -0.2) is 0 Å². The molecule has 6 aromatic carbocycles. The minimum absolute atomic E-state index is 0. The van der Waals surface area contributed by atoms with Crippen molar-refractivity contribution < 1.29 is 30.0 Å². The molecule has 0 spiro atoms. The molecule has 4 nitrogen and oxygen atoms in total. The van der Waals surface area contributed by atoms with Gasteiger partial charge in [-0.3, -0.25) is 4.79 Å². The third kappa shape index (κ3) is 9.01. The van der Waals surface area contributed by atoms with Gasteiger partial charge in [0.15, 0.2) is 5.78 Å². The number of benzene rings is 6. The number of aliphatic hydroxyl groups is 1. The first-order chi connectivity index (χ1) is 29.2. The van der Waals surface area contributed by atoms with Crippen LogP contribution in [0.15, 0.2) is 72.3 Å². The molecule has 2 aromatic heterocycles. The van der Waals surface area contributed by atoms with Crippen molar-refractivity contribution in [3.8, 4) is 22.5 Å². The van der Waals surface area contributed by atoms with Crippen molar-refractivity contribution in [3.05, 3.63) is 162 Å². The SMILES string of the molecule is CC(=O)C(C)=C(C)O.Cc1[c-]c(-c2nccc3c2ccc2c(C)c(C)c(C)cc23)c(C)c(C)c1C.Cc1[c-]c(-c2nccc3c2ccc2c(C)c(C)c(C)cc23)c(C)c(C)c1C.[Ir]. The van der Waals surface area contributed by atoms with Crippen LogP contribution in [0.25, 0.3) is 65.6 Å². The standard InChI is InChI=1S/2C26H26N.C6H10O2.Ir/c2*1-14-12-24(20(7)18(5)16(14)3)26-23-9-8-21-19(6)17(4)15(2)13-25(21)22(23)10-11-27-26;1-4(5(2)7)6(3)8;/h2*8-11,13H,1-7H3;7H,1-3H3;/q2*-1;;. The molecule has 0 amide bonds. The normalized spacial score (nSPS) is 11.5. The van der Waals surface area contributed by atoms with E-state index in [1.165, 1.54) is 135 Å². The second kappa shape index (κ2) is 19.1. The first-order valence-electron chi connectivity index (χ1n) is 21.6. The zero-order chi connectivity index (χ0) is 45.6. The third-order valence-corrected chi connectivity index (χ3v) is 14.1. The van der Waals surface area contributed by atoms with E-state index >= 15 is 0 Å². The van der Waals surface area contributed by atoms with E-state index in [0.29, 0.717) is 5.57 Å². The largest absolute Gasteiger partial charge is 0.512 e. The predicted molar refractivity (Wildman–Crippen MR) is 265 cm³/mol. The number of rotatable bonds is 3. The van der Waals surface area contributed by atoms with Crippen molar-refractivity contribution in [1.82, 2.24) is 9.97 Å². The Hall–Kier alpha value is -5.48. The Morgan fingerprint density at radius 3 is 1.10 bits per heavy atom.